The summed E-state index contributed by atoms with van der Waals surface area (Å²) in [6.07, 6.45) is 0.858. The fourth-order valence-electron chi connectivity index (χ4n) is 0.949. The first-order valence-electron chi connectivity index (χ1n) is 3.54. The summed E-state index contributed by atoms with van der Waals surface area (Å²) >= 11 is 0. The Balaban J connectivity index is 3.05. The van der Waals surface area contributed by atoms with Crippen LogP contribution in [-0.4, -0.2) is 23.2 Å². The number of methoxy groups -OCH3 is 1. The molecular weight excluding hydrogens is 177 g/mol. The van der Waals surface area contributed by atoms with Crippen LogP contribution in [-0.2, 0) is 11.2 Å². The van der Waals surface area contributed by atoms with E-state index in [9.17, 15) is 9.18 Å². The van der Waals surface area contributed by atoms with E-state index in [-0.39, 0.29) is 17.9 Å². The molecule has 0 amide bonds. The van der Waals surface area contributed by atoms with Crippen molar-refractivity contribution in [3.63, 3.8) is 0 Å². The molecule has 1 rings (SSSR count). The van der Waals surface area contributed by atoms with Gasteiger partial charge in [0.25, 0.3) is 0 Å². The van der Waals surface area contributed by atoms with Crippen LogP contribution in [0, 0.1) is 5.82 Å². The van der Waals surface area contributed by atoms with Gasteiger partial charge in [-0.25, -0.2) is 4.39 Å². The van der Waals surface area contributed by atoms with E-state index in [1.54, 1.807) is 0 Å². The first-order chi connectivity index (χ1) is 6.15. The number of carboxylic acid groups (broad SMARTS) is 1. The number of rotatable bonds is 3. The average molecular weight is 185 g/mol. The molecule has 0 fully saturated rings. The minimum absolute atomic E-state index is 0.0926. The second kappa shape index (κ2) is 3.84. The summed E-state index contributed by atoms with van der Waals surface area (Å²) in [5, 5.41) is 8.46. The Kier molecular flexibility index (Phi) is 2.79. The van der Waals surface area contributed by atoms with Gasteiger partial charge in [-0.2, -0.15) is 0 Å². The average Bonchev–Trinajstić information content (AvgIpc) is 2.03. The van der Waals surface area contributed by atoms with Crippen LogP contribution in [0.15, 0.2) is 12.3 Å². The van der Waals surface area contributed by atoms with Crippen molar-refractivity contribution in [2.75, 3.05) is 7.11 Å². The highest BCUT2D eigenvalue weighted by molar-refractivity contribution is 5.70. The van der Waals surface area contributed by atoms with Crippen LogP contribution in [0.4, 0.5) is 4.39 Å². The van der Waals surface area contributed by atoms with Crippen molar-refractivity contribution >= 4 is 5.97 Å². The predicted molar refractivity (Wildman–Crippen MR) is 42.1 cm³/mol. The first kappa shape index (κ1) is 9.44. The maximum absolute atomic E-state index is 12.9. The second-order valence-corrected chi connectivity index (χ2v) is 2.34. The number of ether oxygens (including phenoxy) is 1. The maximum atomic E-state index is 12.9. The highest BCUT2D eigenvalue weighted by atomic mass is 19.1. The van der Waals surface area contributed by atoms with E-state index < -0.39 is 11.8 Å². The standard InChI is InChI=1S/C8H8FNO3/c1-13-8-5(9)2-3-10-6(8)4-7(11)12/h2-3H,4H2,1H3,(H,11,12). The molecule has 70 valence electrons. The lowest BCUT2D eigenvalue weighted by Gasteiger charge is -2.05. The summed E-state index contributed by atoms with van der Waals surface area (Å²) < 4.78 is 17.6. The zero-order valence-corrected chi connectivity index (χ0v) is 6.95. The smallest absolute Gasteiger partial charge is 0.309 e. The van der Waals surface area contributed by atoms with Gasteiger partial charge in [0.05, 0.1) is 19.2 Å². The number of pyridine rings is 1. The Labute approximate surface area is 74.0 Å². The molecule has 0 aliphatic carbocycles. The van der Waals surface area contributed by atoms with Gasteiger partial charge in [-0.1, -0.05) is 0 Å². The van der Waals surface area contributed by atoms with Gasteiger partial charge in [0, 0.05) is 6.20 Å². The van der Waals surface area contributed by atoms with E-state index in [1.807, 2.05) is 0 Å². The van der Waals surface area contributed by atoms with Crippen molar-refractivity contribution in [3.05, 3.63) is 23.8 Å². The number of carbonyl (C=O) groups is 1. The van der Waals surface area contributed by atoms with Crippen LogP contribution < -0.4 is 4.74 Å². The van der Waals surface area contributed by atoms with Crippen molar-refractivity contribution in [2.45, 2.75) is 6.42 Å². The molecule has 1 heterocycles. The monoisotopic (exact) mass is 185 g/mol. The zero-order chi connectivity index (χ0) is 9.84. The number of nitrogens with zero attached hydrogens (tertiary/aromatic N) is 1. The predicted octanol–water partition coefficient (Wildman–Crippen LogP) is 0.856. The normalized spacial score (nSPS) is 9.69. The lowest BCUT2D eigenvalue weighted by molar-refractivity contribution is -0.136. The fourth-order valence-corrected chi connectivity index (χ4v) is 0.949. The third kappa shape index (κ3) is 2.14. The molecule has 0 bridgehead atoms. The van der Waals surface area contributed by atoms with E-state index >= 15 is 0 Å². The maximum Gasteiger partial charge on any atom is 0.309 e. The summed E-state index contributed by atoms with van der Waals surface area (Å²) in [7, 11) is 1.27. The first-order valence-corrected chi connectivity index (χ1v) is 3.54. The van der Waals surface area contributed by atoms with Crippen LogP contribution in [0.1, 0.15) is 5.69 Å². The molecule has 0 aliphatic heterocycles. The molecule has 0 atom stereocenters. The molecule has 1 aromatic heterocycles. The van der Waals surface area contributed by atoms with Crippen molar-refractivity contribution < 1.29 is 19.0 Å². The van der Waals surface area contributed by atoms with Crippen molar-refractivity contribution in [2.24, 2.45) is 0 Å². The van der Waals surface area contributed by atoms with Crippen molar-refractivity contribution in [3.8, 4) is 5.75 Å². The molecule has 0 unspecified atom stereocenters. The molecule has 0 saturated carbocycles. The van der Waals surface area contributed by atoms with Gasteiger partial charge in [0.2, 0.25) is 0 Å². The van der Waals surface area contributed by atoms with Gasteiger partial charge in [0.1, 0.15) is 0 Å². The Morgan fingerprint density at radius 2 is 2.46 bits per heavy atom. The molecule has 4 nitrogen and oxygen atoms in total. The van der Waals surface area contributed by atoms with Crippen LogP contribution >= 0.6 is 0 Å². The Hall–Kier alpha value is -1.65. The van der Waals surface area contributed by atoms with Crippen LogP contribution in [0.25, 0.3) is 0 Å². The number of hydrogen-bond donors (Lipinski definition) is 1. The minimum Gasteiger partial charge on any atom is -0.492 e. The van der Waals surface area contributed by atoms with Gasteiger partial charge < -0.3 is 9.84 Å². The van der Waals surface area contributed by atoms with Gasteiger partial charge in [-0.15, -0.1) is 0 Å². The Morgan fingerprint density at radius 1 is 1.77 bits per heavy atom. The lowest BCUT2D eigenvalue weighted by atomic mass is 10.2. The molecule has 0 spiro atoms. The van der Waals surface area contributed by atoms with E-state index in [2.05, 4.69) is 9.72 Å². The SMILES string of the molecule is COc1c(F)ccnc1CC(=O)O. The molecule has 0 saturated heterocycles. The summed E-state index contributed by atoms with van der Waals surface area (Å²) in [4.78, 5) is 14.0. The van der Waals surface area contributed by atoms with E-state index in [0.717, 1.165) is 6.07 Å². The second-order valence-electron chi connectivity index (χ2n) is 2.34. The number of carboxylic acids is 1. The molecule has 0 radical (unpaired) electrons. The van der Waals surface area contributed by atoms with Gasteiger partial charge in [-0.3, -0.25) is 9.78 Å². The number of aromatic nitrogens is 1. The summed E-state index contributed by atoms with van der Waals surface area (Å²) in [6.45, 7) is 0. The highest BCUT2D eigenvalue weighted by Crippen LogP contribution is 2.19. The third-order valence-corrected chi connectivity index (χ3v) is 1.45. The molecule has 0 aromatic carbocycles. The van der Waals surface area contributed by atoms with Gasteiger partial charge in [-0.05, 0) is 6.07 Å². The quantitative estimate of drug-likeness (QED) is 0.758. The van der Waals surface area contributed by atoms with Gasteiger partial charge >= 0.3 is 5.97 Å². The molecule has 13 heavy (non-hydrogen) atoms. The summed E-state index contributed by atoms with van der Waals surface area (Å²) in [6, 6.07) is 1.12. The van der Waals surface area contributed by atoms with Crippen LogP contribution in [0.3, 0.4) is 0 Å². The van der Waals surface area contributed by atoms with Crippen LogP contribution in [0.2, 0.25) is 0 Å². The Morgan fingerprint density at radius 3 is 3.00 bits per heavy atom. The highest BCUT2D eigenvalue weighted by Gasteiger charge is 2.12. The number of aliphatic carboxylic acids is 1. The fraction of sp³-hybridized carbons (Fsp3) is 0.250. The number of halogens is 1. The third-order valence-electron chi connectivity index (χ3n) is 1.45. The molecule has 5 heteroatoms. The van der Waals surface area contributed by atoms with E-state index in [0.29, 0.717) is 0 Å². The molecule has 1 aromatic rings. The Bertz CT molecular complexity index is 327. The van der Waals surface area contributed by atoms with E-state index in [4.69, 9.17) is 5.11 Å². The summed E-state index contributed by atoms with van der Waals surface area (Å²) in [5.74, 6) is -1.78. The van der Waals surface area contributed by atoms with Gasteiger partial charge in [0.15, 0.2) is 11.6 Å². The summed E-state index contributed by atoms with van der Waals surface area (Å²) in [5.41, 5.74) is 0.0926. The minimum atomic E-state index is -1.07. The molecule has 0 aliphatic rings. The largest absolute Gasteiger partial charge is 0.492 e. The molecule has 1 N–H and O–H groups in total. The van der Waals surface area contributed by atoms with E-state index in [1.165, 1.54) is 13.3 Å². The number of hydrogen-bond acceptors (Lipinski definition) is 3. The molecular formula is C8H8FNO3. The van der Waals surface area contributed by atoms with Crippen LogP contribution in [0.5, 0.6) is 5.75 Å². The topological polar surface area (TPSA) is 59.4 Å². The zero-order valence-electron chi connectivity index (χ0n) is 6.95. The lowest BCUT2D eigenvalue weighted by Crippen LogP contribution is -2.05. The van der Waals surface area contributed by atoms with Crippen molar-refractivity contribution in [1.82, 2.24) is 4.98 Å². The van der Waals surface area contributed by atoms with Crippen molar-refractivity contribution in [1.29, 1.82) is 0 Å².